The first-order chi connectivity index (χ1) is 7.22. The molecule has 0 spiro atoms. The lowest BCUT2D eigenvalue weighted by atomic mass is 9.96. The van der Waals surface area contributed by atoms with Gasteiger partial charge < -0.3 is 0 Å². The molecule has 0 aromatic carbocycles. The molecule has 0 aliphatic heterocycles. The Labute approximate surface area is 91.9 Å². The average molecular weight is 199 g/mol. The van der Waals surface area contributed by atoms with Crippen LogP contribution in [0.3, 0.4) is 0 Å². The Morgan fingerprint density at radius 2 is 2.20 bits per heavy atom. The predicted octanol–water partition coefficient (Wildman–Crippen LogP) is 3.33. The topological polar surface area (TPSA) is 12.9 Å². The zero-order valence-electron chi connectivity index (χ0n) is 9.40. The Kier molecular flexibility index (Phi) is 2.77. The number of terminal acetylenes is 1. The molecule has 1 heteroatoms. The maximum absolute atomic E-state index is 5.58. The van der Waals surface area contributed by atoms with E-state index >= 15 is 0 Å². The molecule has 1 saturated carbocycles. The molecule has 0 bridgehead atoms. The van der Waals surface area contributed by atoms with Crippen molar-refractivity contribution in [1.82, 2.24) is 4.98 Å². The molecule has 1 atom stereocenters. The Bertz CT molecular complexity index is 383. The fourth-order valence-corrected chi connectivity index (χ4v) is 1.89. The Morgan fingerprint density at radius 1 is 1.47 bits per heavy atom. The van der Waals surface area contributed by atoms with Crippen LogP contribution in [0, 0.1) is 18.3 Å². The van der Waals surface area contributed by atoms with E-state index < -0.39 is 0 Å². The lowest BCUT2D eigenvalue weighted by Crippen LogP contribution is -2.02. The quantitative estimate of drug-likeness (QED) is 0.680. The zero-order valence-corrected chi connectivity index (χ0v) is 9.40. The molecular weight excluding hydrogens is 182 g/mol. The third kappa shape index (κ3) is 2.21. The summed E-state index contributed by atoms with van der Waals surface area (Å²) in [5.74, 6) is 4.35. The zero-order chi connectivity index (χ0) is 10.8. The van der Waals surface area contributed by atoms with Crippen LogP contribution in [0.5, 0.6) is 0 Å². The molecule has 1 aromatic heterocycles. The minimum atomic E-state index is 0.240. The van der Waals surface area contributed by atoms with E-state index in [1.807, 2.05) is 6.20 Å². The van der Waals surface area contributed by atoms with Crippen LogP contribution in [0.1, 0.15) is 49.8 Å². The molecule has 78 valence electrons. The van der Waals surface area contributed by atoms with Crippen LogP contribution in [0.15, 0.2) is 18.3 Å². The second-order valence-electron chi connectivity index (χ2n) is 4.65. The van der Waals surface area contributed by atoms with Crippen LogP contribution in [-0.4, -0.2) is 4.98 Å². The van der Waals surface area contributed by atoms with E-state index in [0.29, 0.717) is 11.8 Å². The van der Waals surface area contributed by atoms with E-state index in [9.17, 15) is 0 Å². The minimum absolute atomic E-state index is 0.240. The van der Waals surface area contributed by atoms with Crippen molar-refractivity contribution < 1.29 is 0 Å². The SMILES string of the molecule is C#CC(c1cc(C(C)C)ccn1)C1CC1. The summed E-state index contributed by atoms with van der Waals surface area (Å²) in [5, 5.41) is 0. The monoisotopic (exact) mass is 199 g/mol. The van der Waals surface area contributed by atoms with E-state index in [2.05, 4.69) is 36.9 Å². The van der Waals surface area contributed by atoms with Gasteiger partial charge in [0.05, 0.1) is 11.6 Å². The van der Waals surface area contributed by atoms with Gasteiger partial charge in [0.2, 0.25) is 0 Å². The predicted molar refractivity (Wildman–Crippen MR) is 62.6 cm³/mol. The summed E-state index contributed by atoms with van der Waals surface area (Å²) >= 11 is 0. The highest BCUT2D eigenvalue weighted by Gasteiger charge is 2.31. The highest BCUT2D eigenvalue weighted by atomic mass is 14.7. The van der Waals surface area contributed by atoms with E-state index in [0.717, 1.165) is 5.69 Å². The van der Waals surface area contributed by atoms with Gasteiger partial charge in [0, 0.05) is 6.20 Å². The molecule has 15 heavy (non-hydrogen) atoms. The van der Waals surface area contributed by atoms with E-state index in [-0.39, 0.29) is 5.92 Å². The highest BCUT2D eigenvalue weighted by Crippen LogP contribution is 2.41. The smallest absolute Gasteiger partial charge is 0.0650 e. The number of pyridine rings is 1. The number of rotatable bonds is 3. The van der Waals surface area contributed by atoms with Gasteiger partial charge >= 0.3 is 0 Å². The average Bonchev–Trinajstić information content (AvgIpc) is 3.04. The van der Waals surface area contributed by atoms with Gasteiger partial charge in [0.15, 0.2) is 0 Å². The van der Waals surface area contributed by atoms with Gasteiger partial charge in [-0.25, -0.2) is 0 Å². The van der Waals surface area contributed by atoms with Gasteiger partial charge in [-0.05, 0) is 42.4 Å². The van der Waals surface area contributed by atoms with Crippen molar-refractivity contribution in [2.45, 2.75) is 38.5 Å². The van der Waals surface area contributed by atoms with Crippen molar-refractivity contribution in [3.05, 3.63) is 29.6 Å². The van der Waals surface area contributed by atoms with Gasteiger partial charge in [0.25, 0.3) is 0 Å². The summed E-state index contributed by atoms with van der Waals surface area (Å²) in [6.07, 6.45) is 10.0. The number of aromatic nitrogens is 1. The first kappa shape index (κ1) is 10.2. The largest absolute Gasteiger partial charge is 0.260 e. The molecule has 0 N–H and O–H groups in total. The summed E-state index contributed by atoms with van der Waals surface area (Å²) in [4.78, 5) is 4.41. The van der Waals surface area contributed by atoms with Crippen molar-refractivity contribution in [3.63, 3.8) is 0 Å². The summed E-state index contributed by atoms with van der Waals surface area (Å²) in [7, 11) is 0. The number of nitrogens with zero attached hydrogens (tertiary/aromatic N) is 1. The highest BCUT2D eigenvalue weighted by molar-refractivity contribution is 5.28. The van der Waals surface area contributed by atoms with E-state index in [1.165, 1.54) is 18.4 Å². The summed E-state index contributed by atoms with van der Waals surface area (Å²) in [5.41, 5.74) is 2.42. The van der Waals surface area contributed by atoms with Gasteiger partial charge in [-0.2, -0.15) is 0 Å². The fraction of sp³-hybridized carbons (Fsp3) is 0.500. The molecule has 0 radical (unpaired) electrons. The molecule has 2 rings (SSSR count). The van der Waals surface area contributed by atoms with E-state index in [1.54, 1.807) is 0 Å². The molecule has 1 aliphatic carbocycles. The normalized spacial score (nSPS) is 17.5. The standard InChI is InChI=1S/C14H17N/c1-4-13(11-5-6-11)14-9-12(10(2)3)7-8-15-14/h1,7-11,13H,5-6H2,2-3H3. The molecule has 1 aromatic rings. The van der Waals surface area contributed by atoms with Gasteiger partial charge in [-0.3, -0.25) is 4.98 Å². The van der Waals surface area contributed by atoms with E-state index in [4.69, 9.17) is 6.42 Å². The van der Waals surface area contributed by atoms with Crippen LogP contribution in [-0.2, 0) is 0 Å². The van der Waals surface area contributed by atoms with Crippen molar-refractivity contribution in [3.8, 4) is 12.3 Å². The summed E-state index contributed by atoms with van der Waals surface area (Å²) < 4.78 is 0. The van der Waals surface area contributed by atoms with Crippen molar-refractivity contribution >= 4 is 0 Å². The summed E-state index contributed by atoms with van der Waals surface area (Å²) in [6, 6.07) is 4.25. The van der Waals surface area contributed by atoms with Crippen LogP contribution in [0.4, 0.5) is 0 Å². The minimum Gasteiger partial charge on any atom is -0.260 e. The summed E-state index contributed by atoms with van der Waals surface area (Å²) in [6.45, 7) is 4.39. The molecule has 1 nitrogen and oxygen atoms in total. The second-order valence-corrected chi connectivity index (χ2v) is 4.65. The van der Waals surface area contributed by atoms with Crippen LogP contribution in [0.25, 0.3) is 0 Å². The Balaban J connectivity index is 2.27. The molecular formula is C14H17N. The molecule has 1 heterocycles. The maximum atomic E-state index is 5.58. The lowest BCUT2D eigenvalue weighted by molar-refractivity contribution is 0.720. The molecule has 0 saturated heterocycles. The Morgan fingerprint density at radius 3 is 2.73 bits per heavy atom. The first-order valence-electron chi connectivity index (χ1n) is 5.64. The van der Waals surface area contributed by atoms with Crippen LogP contribution < -0.4 is 0 Å². The fourth-order valence-electron chi connectivity index (χ4n) is 1.89. The molecule has 1 aliphatic rings. The third-order valence-corrected chi connectivity index (χ3v) is 3.06. The third-order valence-electron chi connectivity index (χ3n) is 3.06. The van der Waals surface area contributed by atoms with Crippen LogP contribution in [0.2, 0.25) is 0 Å². The lowest BCUT2D eigenvalue weighted by Gasteiger charge is -2.11. The molecule has 1 fully saturated rings. The first-order valence-corrected chi connectivity index (χ1v) is 5.64. The molecule has 0 amide bonds. The van der Waals surface area contributed by atoms with Crippen molar-refractivity contribution in [1.29, 1.82) is 0 Å². The number of hydrogen-bond acceptors (Lipinski definition) is 1. The molecule has 1 unspecified atom stereocenters. The van der Waals surface area contributed by atoms with Gasteiger partial charge in [-0.1, -0.05) is 19.8 Å². The number of hydrogen-bond donors (Lipinski definition) is 0. The maximum Gasteiger partial charge on any atom is 0.0650 e. The Hall–Kier alpha value is -1.29. The van der Waals surface area contributed by atoms with Crippen LogP contribution >= 0.6 is 0 Å². The van der Waals surface area contributed by atoms with Gasteiger partial charge in [-0.15, -0.1) is 6.42 Å². The second kappa shape index (κ2) is 4.06. The van der Waals surface area contributed by atoms with Crippen molar-refractivity contribution in [2.75, 3.05) is 0 Å². The van der Waals surface area contributed by atoms with Crippen molar-refractivity contribution in [2.24, 2.45) is 5.92 Å². The van der Waals surface area contributed by atoms with Gasteiger partial charge in [0.1, 0.15) is 0 Å².